The Morgan fingerprint density at radius 1 is 1.29 bits per heavy atom. The molecule has 6 nitrogen and oxygen atoms in total. The molecule has 0 aliphatic carbocycles. The van der Waals surface area contributed by atoms with Crippen molar-refractivity contribution < 1.29 is 14.4 Å². The summed E-state index contributed by atoms with van der Waals surface area (Å²) in [6.45, 7) is 4.52. The summed E-state index contributed by atoms with van der Waals surface area (Å²) >= 11 is 0. The molecule has 0 aromatic heterocycles. The first-order valence-corrected chi connectivity index (χ1v) is 8.38. The monoisotopic (exact) mass is 329 g/mol. The molecule has 1 aromatic carbocycles. The van der Waals surface area contributed by atoms with E-state index in [4.69, 9.17) is 0 Å². The van der Waals surface area contributed by atoms with Gasteiger partial charge in [-0.2, -0.15) is 0 Å². The van der Waals surface area contributed by atoms with Crippen LogP contribution in [0.4, 0.5) is 5.69 Å². The van der Waals surface area contributed by atoms with Gasteiger partial charge in [0, 0.05) is 20.0 Å². The normalized spacial score (nSPS) is 22.5. The van der Waals surface area contributed by atoms with E-state index < -0.39 is 5.66 Å². The summed E-state index contributed by atoms with van der Waals surface area (Å²) in [4.78, 5) is 42.8. The lowest BCUT2D eigenvalue weighted by Crippen LogP contribution is -2.63. The highest BCUT2D eigenvalue weighted by atomic mass is 16.2. The van der Waals surface area contributed by atoms with E-state index in [2.05, 4.69) is 0 Å². The molecule has 128 valence electrons. The molecule has 2 heterocycles. The van der Waals surface area contributed by atoms with Crippen molar-refractivity contribution in [2.75, 3.05) is 25.0 Å². The molecule has 0 unspecified atom stereocenters. The fourth-order valence-corrected chi connectivity index (χ4v) is 3.66. The van der Waals surface area contributed by atoms with E-state index in [0.717, 1.165) is 6.42 Å². The average Bonchev–Trinajstić information content (AvgIpc) is 2.87. The lowest BCUT2D eigenvalue weighted by atomic mass is 9.98. The highest BCUT2D eigenvalue weighted by Gasteiger charge is 2.53. The molecule has 1 fully saturated rings. The Morgan fingerprint density at radius 3 is 2.71 bits per heavy atom. The molecule has 2 aliphatic rings. The zero-order chi connectivity index (χ0) is 17.5. The first kappa shape index (κ1) is 16.5. The van der Waals surface area contributed by atoms with E-state index in [0.29, 0.717) is 30.6 Å². The number of benzene rings is 1. The SMILES string of the molecule is CCCN(C)C(=O)CN1C(=O)c2ccccc2N2C(=O)CC[C@]12C. The molecule has 2 aliphatic heterocycles. The summed E-state index contributed by atoms with van der Waals surface area (Å²) in [6.07, 6.45) is 1.78. The minimum atomic E-state index is -0.773. The Balaban J connectivity index is 1.99. The number of amides is 3. The van der Waals surface area contributed by atoms with Gasteiger partial charge in [-0.3, -0.25) is 19.3 Å². The van der Waals surface area contributed by atoms with Crippen LogP contribution >= 0.6 is 0 Å². The lowest BCUT2D eigenvalue weighted by molar-refractivity contribution is -0.132. The fourth-order valence-electron chi connectivity index (χ4n) is 3.66. The van der Waals surface area contributed by atoms with E-state index in [1.165, 1.54) is 0 Å². The molecule has 0 bridgehead atoms. The third-order valence-electron chi connectivity index (χ3n) is 5.02. The van der Waals surface area contributed by atoms with Crippen molar-refractivity contribution in [1.82, 2.24) is 9.80 Å². The minimum absolute atomic E-state index is 0.00295. The molecule has 0 N–H and O–H groups in total. The van der Waals surface area contributed by atoms with E-state index >= 15 is 0 Å². The van der Waals surface area contributed by atoms with Crippen LogP contribution in [0, 0.1) is 0 Å². The predicted molar refractivity (Wildman–Crippen MR) is 90.5 cm³/mol. The molecule has 3 amide bonds. The van der Waals surface area contributed by atoms with Gasteiger partial charge in [0.1, 0.15) is 12.2 Å². The van der Waals surface area contributed by atoms with Gasteiger partial charge in [-0.25, -0.2) is 0 Å². The van der Waals surface area contributed by atoms with Crippen LogP contribution in [-0.2, 0) is 9.59 Å². The standard InChI is InChI=1S/C18H23N3O3/c1-4-11-19(3)16(23)12-20-17(24)13-7-5-6-8-14(13)21-15(22)9-10-18(20,21)2/h5-8H,4,9-12H2,1-3H3/t18-/m1/s1. The molecule has 6 heteroatoms. The van der Waals surface area contributed by atoms with E-state index in [9.17, 15) is 14.4 Å². The number of hydrogen-bond donors (Lipinski definition) is 0. The Labute approximate surface area is 142 Å². The number of anilines is 1. The molecule has 24 heavy (non-hydrogen) atoms. The van der Waals surface area contributed by atoms with Crippen LogP contribution in [-0.4, -0.2) is 53.3 Å². The van der Waals surface area contributed by atoms with Gasteiger partial charge in [0.25, 0.3) is 5.91 Å². The Kier molecular flexibility index (Phi) is 4.07. The molecular formula is C18H23N3O3. The third kappa shape index (κ3) is 2.37. The number of likely N-dealkylation sites (N-methyl/N-ethyl adjacent to an activating group) is 1. The lowest BCUT2D eigenvalue weighted by Gasteiger charge is -2.48. The summed E-state index contributed by atoms with van der Waals surface area (Å²) in [6, 6.07) is 7.13. The number of para-hydroxylation sites is 1. The highest BCUT2D eigenvalue weighted by Crippen LogP contribution is 2.43. The van der Waals surface area contributed by atoms with Crippen molar-refractivity contribution >= 4 is 23.4 Å². The van der Waals surface area contributed by atoms with Crippen molar-refractivity contribution in [3.8, 4) is 0 Å². The second-order valence-corrected chi connectivity index (χ2v) is 6.67. The number of carbonyl (C=O) groups is 3. The molecule has 0 radical (unpaired) electrons. The van der Waals surface area contributed by atoms with Crippen LogP contribution in [0.1, 0.15) is 43.5 Å². The first-order valence-electron chi connectivity index (χ1n) is 8.38. The number of hydrogen-bond acceptors (Lipinski definition) is 3. The summed E-state index contributed by atoms with van der Waals surface area (Å²) in [5.41, 5.74) is 0.361. The summed E-state index contributed by atoms with van der Waals surface area (Å²) in [5, 5.41) is 0. The minimum Gasteiger partial charge on any atom is -0.344 e. The van der Waals surface area contributed by atoms with Gasteiger partial charge in [0.15, 0.2) is 0 Å². The maximum atomic E-state index is 13.0. The van der Waals surface area contributed by atoms with Crippen molar-refractivity contribution in [2.24, 2.45) is 0 Å². The van der Waals surface area contributed by atoms with Gasteiger partial charge in [0.2, 0.25) is 11.8 Å². The van der Waals surface area contributed by atoms with Crippen molar-refractivity contribution in [3.05, 3.63) is 29.8 Å². The van der Waals surface area contributed by atoms with Crippen molar-refractivity contribution in [1.29, 1.82) is 0 Å². The molecular weight excluding hydrogens is 306 g/mol. The molecule has 0 spiro atoms. The van der Waals surface area contributed by atoms with Gasteiger partial charge in [-0.1, -0.05) is 19.1 Å². The largest absolute Gasteiger partial charge is 0.344 e. The van der Waals surface area contributed by atoms with Gasteiger partial charge in [-0.15, -0.1) is 0 Å². The summed E-state index contributed by atoms with van der Waals surface area (Å²) < 4.78 is 0. The highest BCUT2D eigenvalue weighted by molar-refractivity contribution is 6.11. The number of carbonyl (C=O) groups excluding carboxylic acids is 3. The van der Waals surface area contributed by atoms with Crippen LogP contribution in [0.5, 0.6) is 0 Å². The van der Waals surface area contributed by atoms with Gasteiger partial charge >= 0.3 is 0 Å². The van der Waals surface area contributed by atoms with E-state index in [1.807, 2.05) is 19.9 Å². The first-order chi connectivity index (χ1) is 11.4. The predicted octanol–water partition coefficient (Wildman–Crippen LogP) is 1.85. The zero-order valence-electron chi connectivity index (χ0n) is 14.4. The van der Waals surface area contributed by atoms with Gasteiger partial charge < -0.3 is 9.80 Å². The topological polar surface area (TPSA) is 60.9 Å². The maximum Gasteiger partial charge on any atom is 0.258 e. The zero-order valence-corrected chi connectivity index (χ0v) is 14.4. The fraction of sp³-hybridized carbons (Fsp3) is 0.500. The molecule has 1 aromatic rings. The van der Waals surface area contributed by atoms with Crippen LogP contribution in [0.15, 0.2) is 24.3 Å². The maximum absolute atomic E-state index is 13.0. The smallest absolute Gasteiger partial charge is 0.258 e. The number of rotatable bonds is 4. The van der Waals surface area contributed by atoms with Gasteiger partial charge in [-0.05, 0) is 31.9 Å². The summed E-state index contributed by atoms with van der Waals surface area (Å²) in [7, 11) is 1.74. The molecule has 1 atom stereocenters. The van der Waals surface area contributed by atoms with E-state index in [1.54, 1.807) is 39.9 Å². The summed E-state index contributed by atoms with van der Waals surface area (Å²) in [5.74, 6) is -0.292. The van der Waals surface area contributed by atoms with Crippen LogP contribution < -0.4 is 4.90 Å². The van der Waals surface area contributed by atoms with Crippen LogP contribution in [0.2, 0.25) is 0 Å². The quantitative estimate of drug-likeness (QED) is 0.847. The molecule has 1 saturated heterocycles. The van der Waals surface area contributed by atoms with Crippen LogP contribution in [0.25, 0.3) is 0 Å². The Hall–Kier alpha value is -2.37. The Morgan fingerprint density at radius 2 is 2.00 bits per heavy atom. The Bertz CT molecular complexity index is 703. The number of fused-ring (bicyclic) bond motifs is 3. The average molecular weight is 329 g/mol. The second kappa shape index (κ2) is 5.92. The second-order valence-electron chi connectivity index (χ2n) is 6.67. The van der Waals surface area contributed by atoms with Crippen molar-refractivity contribution in [2.45, 2.75) is 38.8 Å². The molecule has 0 saturated carbocycles. The van der Waals surface area contributed by atoms with Crippen molar-refractivity contribution in [3.63, 3.8) is 0 Å². The third-order valence-corrected chi connectivity index (χ3v) is 5.02. The number of nitrogens with zero attached hydrogens (tertiary/aromatic N) is 3. The van der Waals surface area contributed by atoms with Crippen LogP contribution in [0.3, 0.4) is 0 Å². The van der Waals surface area contributed by atoms with Gasteiger partial charge in [0.05, 0.1) is 11.3 Å². The molecule has 3 rings (SSSR count). The van der Waals surface area contributed by atoms with E-state index in [-0.39, 0.29) is 24.3 Å².